The number of hydrogen-bond donors (Lipinski definition) is 2. The Morgan fingerprint density at radius 3 is 2.47 bits per heavy atom. The fraction of sp³-hybridized carbons (Fsp3) is 0.800. The summed E-state index contributed by atoms with van der Waals surface area (Å²) in [7, 11) is 1.90. The maximum Gasteiger partial charge on any atom is 0.238 e. The molecule has 5 heteroatoms. The van der Waals surface area contributed by atoms with Gasteiger partial charge in [0.05, 0.1) is 17.9 Å². The van der Waals surface area contributed by atoms with Crippen molar-refractivity contribution in [2.45, 2.75) is 26.8 Å². The monoisotopic (exact) mass is 212 g/mol. The van der Waals surface area contributed by atoms with Crippen LogP contribution in [0.1, 0.15) is 20.8 Å². The van der Waals surface area contributed by atoms with Gasteiger partial charge in [-0.1, -0.05) is 6.92 Å². The minimum atomic E-state index is -0.189. The number of carbonyl (C=O) groups excluding carboxylic acids is 1. The van der Waals surface area contributed by atoms with Gasteiger partial charge in [-0.3, -0.25) is 10.2 Å². The molecule has 0 saturated carbocycles. The average molecular weight is 212 g/mol. The van der Waals surface area contributed by atoms with Crippen LogP contribution in [-0.2, 0) is 4.79 Å². The van der Waals surface area contributed by atoms with E-state index < -0.39 is 0 Å². The number of hydrogen-bond acceptors (Lipinski definition) is 4. The SMILES string of the molecule is CC(C#N)CN(C)C(C)C(C)C(=O)NN. The third kappa shape index (κ3) is 4.28. The van der Waals surface area contributed by atoms with Crippen LogP contribution in [0.25, 0.3) is 0 Å². The summed E-state index contributed by atoms with van der Waals surface area (Å²) in [5.41, 5.74) is 2.14. The molecule has 1 amide bonds. The highest BCUT2D eigenvalue weighted by atomic mass is 16.2. The molecule has 5 nitrogen and oxygen atoms in total. The lowest BCUT2D eigenvalue weighted by molar-refractivity contribution is -0.126. The first kappa shape index (κ1) is 13.9. The second-order valence-electron chi connectivity index (χ2n) is 4.01. The van der Waals surface area contributed by atoms with E-state index >= 15 is 0 Å². The zero-order valence-corrected chi connectivity index (χ0v) is 9.82. The van der Waals surface area contributed by atoms with Gasteiger partial charge in [-0.25, -0.2) is 5.84 Å². The molecule has 0 radical (unpaired) electrons. The van der Waals surface area contributed by atoms with Gasteiger partial charge in [0.25, 0.3) is 0 Å². The third-order valence-electron chi connectivity index (χ3n) is 2.76. The van der Waals surface area contributed by atoms with E-state index in [0.717, 1.165) is 0 Å². The van der Waals surface area contributed by atoms with Crippen molar-refractivity contribution < 1.29 is 4.79 Å². The van der Waals surface area contributed by atoms with Crippen LogP contribution in [0.15, 0.2) is 0 Å². The predicted octanol–water partition coefficient (Wildman–Crippen LogP) is 0.0924. The van der Waals surface area contributed by atoms with Crippen molar-refractivity contribution in [2.24, 2.45) is 17.7 Å². The molecule has 0 spiro atoms. The number of nitriles is 1. The van der Waals surface area contributed by atoms with E-state index in [0.29, 0.717) is 6.54 Å². The summed E-state index contributed by atoms with van der Waals surface area (Å²) in [6, 6.07) is 2.23. The van der Waals surface area contributed by atoms with E-state index in [9.17, 15) is 4.79 Å². The number of nitrogens with one attached hydrogen (secondary N) is 1. The molecule has 0 aliphatic heterocycles. The van der Waals surface area contributed by atoms with E-state index in [1.54, 1.807) is 0 Å². The van der Waals surface area contributed by atoms with Gasteiger partial charge in [0, 0.05) is 12.6 Å². The molecule has 3 atom stereocenters. The Bertz CT molecular complexity index is 248. The van der Waals surface area contributed by atoms with Crippen LogP contribution in [0.3, 0.4) is 0 Å². The van der Waals surface area contributed by atoms with Gasteiger partial charge >= 0.3 is 0 Å². The third-order valence-corrected chi connectivity index (χ3v) is 2.76. The van der Waals surface area contributed by atoms with E-state index in [2.05, 4.69) is 11.5 Å². The van der Waals surface area contributed by atoms with Gasteiger partial charge in [0.2, 0.25) is 5.91 Å². The van der Waals surface area contributed by atoms with Crippen molar-refractivity contribution >= 4 is 5.91 Å². The maximum atomic E-state index is 11.3. The van der Waals surface area contributed by atoms with Crippen LogP contribution < -0.4 is 11.3 Å². The van der Waals surface area contributed by atoms with Gasteiger partial charge in [0.15, 0.2) is 0 Å². The summed E-state index contributed by atoms with van der Waals surface area (Å²) < 4.78 is 0. The topological polar surface area (TPSA) is 82.2 Å². The van der Waals surface area contributed by atoms with Crippen LogP contribution >= 0.6 is 0 Å². The van der Waals surface area contributed by atoms with Crippen LogP contribution in [0.5, 0.6) is 0 Å². The van der Waals surface area contributed by atoms with Crippen molar-refractivity contribution in [2.75, 3.05) is 13.6 Å². The highest BCUT2D eigenvalue weighted by molar-refractivity contribution is 5.78. The smallest absolute Gasteiger partial charge is 0.238 e. The van der Waals surface area contributed by atoms with Crippen molar-refractivity contribution in [3.63, 3.8) is 0 Å². The zero-order valence-electron chi connectivity index (χ0n) is 9.82. The minimum Gasteiger partial charge on any atom is -0.302 e. The van der Waals surface area contributed by atoms with E-state index in [1.807, 2.05) is 32.7 Å². The van der Waals surface area contributed by atoms with Gasteiger partial charge in [0.1, 0.15) is 0 Å². The van der Waals surface area contributed by atoms with Crippen molar-refractivity contribution in [3.05, 3.63) is 0 Å². The Hall–Kier alpha value is -1.12. The lowest BCUT2D eigenvalue weighted by Crippen LogP contribution is -2.45. The molecule has 0 fully saturated rings. The molecule has 0 aliphatic rings. The van der Waals surface area contributed by atoms with Crippen LogP contribution in [0.4, 0.5) is 0 Å². The summed E-state index contributed by atoms with van der Waals surface area (Å²) in [5, 5.41) is 8.68. The summed E-state index contributed by atoms with van der Waals surface area (Å²) in [6.45, 7) is 6.28. The number of nitrogens with zero attached hydrogens (tertiary/aromatic N) is 2. The van der Waals surface area contributed by atoms with Crippen LogP contribution in [0, 0.1) is 23.2 Å². The van der Waals surface area contributed by atoms with Crippen molar-refractivity contribution in [3.8, 4) is 6.07 Å². The second kappa shape index (κ2) is 6.38. The van der Waals surface area contributed by atoms with Gasteiger partial charge in [-0.15, -0.1) is 0 Å². The Balaban J connectivity index is 4.25. The molecule has 0 aliphatic carbocycles. The van der Waals surface area contributed by atoms with E-state index in [4.69, 9.17) is 11.1 Å². The van der Waals surface area contributed by atoms with Crippen molar-refractivity contribution in [1.82, 2.24) is 10.3 Å². The molecule has 15 heavy (non-hydrogen) atoms. The second-order valence-corrected chi connectivity index (χ2v) is 4.01. The average Bonchev–Trinajstić information content (AvgIpc) is 2.25. The highest BCUT2D eigenvalue weighted by Crippen LogP contribution is 2.10. The van der Waals surface area contributed by atoms with E-state index in [1.165, 1.54) is 0 Å². The lowest BCUT2D eigenvalue weighted by Gasteiger charge is -2.29. The standard InChI is InChI=1S/C10H20N4O/c1-7(5-11)6-14(4)9(3)8(2)10(15)13-12/h7-9H,6,12H2,1-4H3,(H,13,15). The normalized spacial score (nSPS) is 16.6. The molecule has 0 heterocycles. The number of carbonyl (C=O) groups is 1. The molecule has 0 aromatic carbocycles. The molecular formula is C10H20N4O. The Morgan fingerprint density at radius 1 is 1.53 bits per heavy atom. The summed E-state index contributed by atoms with van der Waals surface area (Å²) in [6.07, 6.45) is 0. The Morgan fingerprint density at radius 2 is 2.07 bits per heavy atom. The maximum absolute atomic E-state index is 11.3. The first-order valence-electron chi connectivity index (χ1n) is 5.04. The first-order chi connectivity index (χ1) is 6.93. The summed E-state index contributed by atoms with van der Waals surface area (Å²) in [5.74, 6) is 4.66. The largest absolute Gasteiger partial charge is 0.302 e. The Labute approximate surface area is 91.2 Å². The molecule has 0 bridgehead atoms. The molecule has 3 N–H and O–H groups in total. The molecule has 0 saturated heterocycles. The lowest BCUT2D eigenvalue weighted by atomic mass is 10.0. The number of hydrazine groups is 1. The van der Waals surface area contributed by atoms with Gasteiger partial charge in [-0.2, -0.15) is 5.26 Å². The quantitative estimate of drug-likeness (QED) is 0.384. The number of amides is 1. The van der Waals surface area contributed by atoms with Gasteiger partial charge in [-0.05, 0) is 20.9 Å². The highest BCUT2D eigenvalue weighted by Gasteiger charge is 2.23. The van der Waals surface area contributed by atoms with E-state index in [-0.39, 0.29) is 23.8 Å². The molecule has 86 valence electrons. The van der Waals surface area contributed by atoms with Gasteiger partial charge < -0.3 is 4.90 Å². The predicted molar refractivity (Wildman–Crippen MR) is 58.4 cm³/mol. The Kier molecular flexibility index (Phi) is 5.90. The van der Waals surface area contributed by atoms with Crippen LogP contribution in [-0.4, -0.2) is 30.4 Å². The molecule has 0 aromatic heterocycles. The fourth-order valence-corrected chi connectivity index (χ4v) is 1.37. The fourth-order valence-electron chi connectivity index (χ4n) is 1.37. The minimum absolute atomic E-state index is 0.0365. The number of nitrogens with two attached hydrogens (primary N) is 1. The number of rotatable bonds is 5. The van der Waals surface area contributed by atoms with Crippen LogP contribution in [0.2, 0.25) is 0 Å². The molecule has 3 unspecified atom stereocenters. The summed E-state index contributed by atoms with van der Waals surface area (Å²) >= 11 is 0. The molecular weight excluding hydrogens is 192 g/mol. The first-order valence-corrected chi connectivity index (χ1v) is 5.04. The molecule has 0 rings (SSSR count). The molecule has 0 aromatic rings. The van der Waals surface area contributed by atoms with Crippen molar-refractivity contribution in [1.29, 1.82) is 5.26 Å². The summed E-state index contributed by atoms with van der Waals surface area (Å²) in [4.78, 5) is 13.3. The zero-order chi connectivity index (χ0) is 12.0.